The van der Waals surface area contributed by atoms with E-state index in [2.05, 4.69) is 55.1 Å². The van der Waals surface area contributed by atoms with E-state index in [4.69, 9.17) is 5.73 Å². The smallest absolute Gasteiger partial charge is 0.0344 e. The predicted molar refractivity (Wildman–Crippen MR) is 85.8 cm³/mol. The summed E-state index contributed by atoms with van der Waals surface area (Å²) in [6, 6.07) is 8.86. The predicted octanol–water partition coefficient (Wildman–Crippen LogP) is 2.24. The number of likely N-dealkylation sites (tertiary alicyclic amines) is 1. The Balaban J connectivity index is 2.07. The van der Waals surface area contributed by atoms with Crippen LogP contribution in [0.15, 0.2) is 24.3 Å². The van der Waals surface area contributed by atoms with Gasteiger partial charge in [-0.2, -0.15) is 0 Å². The van der Waals surface area contributed by atoms with Crippen molar-refractivity contribution in [2.24, 2.45) is 5.73 Å². The van der Waals surface area contributed by atoms with E-state index in [9.17, 15) is 0 Å². The molecule has 2 rings (SSSR count). The van der Waals surface area contributed by atoms with Gasteiger partial charge in [-0.1, -0.05) is 29.8 Å². The maximum absolute atomic E-state index is 6.17. The highest BCUT2D eigenvalue weighted by Gasteiger charge is 2.34. The molecule has 0 spiro atoms. The summed E-state index contributed by atoms with van der Waals surface area (Å²) in [6.45, 7) is 6.22. The maximum atomic E-state index is 6.17. The summed E-state index contributed by atoms with van der Waals surface area (Å²) in [7, 11) is 4.45. The summed E-state index contributed by atoms with van der Waals surface area (Å²) in [5.74, 6) is 0. The second-order valence-corrected chi connectivity index (χ2v) is 6.43. The van der Waals surface area contributed by atoms with Gasteiger partial charge in [0.15, 0.2) is 0 Å². The minimum atomic E-state index is 0.162. The molecule has 0 radical (unpaired) electrons. The average Bonchev–Trinajstić information content (AvgIpc) is 2.64. The highest BCUT2D eigenvalue weighted by atomic mass is 15.2. The van der Waals surface area contributed by atoms with Crippen LogP contribution in [0.1, 0.15) is 30.4 Å². The van der Waals surface area contributed by atoms with E-state index in [0.717, 1.165) is 19.6 Å². The molecule has 1 saturated heterocycles. The van der Waals surface area contributed by atoms with Crippen molar-refractivity contribution in [1.29, 1.82) is 0 Å². The van der Waals surface area contributed by atoms with E-state index < -0.39 is 0 Å². The molecule has 1 unspecified atom stereocenters. The number of hydrogen-bond donors (Lipinski definition) is 1. The molecule has 0 saturated carbocycles. The van der Waals surface area contributed by atoms with Crippen molar-refractivity contribution in [3.05, 3.63) is 35.4 Å². The summed E-state index contributed by atoms with van der Waals surface area (Å²) < 4.78 is 0. The molecule has 3 heteroatoms. The highest BCUT2D eigenvalue weighted by Crippen LogP contribution is 2.28. The van der Waals surface area contributed by atoms with Gasteiger partial charge in [0, 0.05) is 18.6 Å². The highest BCUT2D eigenvalue weighted by molar-refractivity contribution is 5.21. The lowest BCUT2D eigenvalue weighted by molar-refractivity contribution is 0.100. The average molecular weight is 275 g/mol. The first-order chi connectivity index (χ1) is 9.55. The Morgan fingerprint density at radius 1 is 1.20 bits per heavy atom. The zero-order valence-electron chi connectivity index (χ0n) is 13.2. The first-order valence-electron chi connectivity index (χ1n) is 7.71. The number of likely N-dealkylation sites (N-methyl/N-ethyl adjacent to an activating group) is 1. The van der Waals surface area contributed by atoms with Gasteiger partial charge in [-0.15, -0.1) is 0 Å². The van der Waals surface area contributed by atoms with Crippen LogP contribution >= 0.6 is 0 Å². The van der Waals surface area contributed by atoms with Crippen molar-refractivity contribution >= 4 is 0 Å². The quantitative estimate of drug-likeness (QED) is 0.914. The molecule has 0 aromatic heterocycles. The van der Waals surface area contributed by atoms with Gasteiger partial charge in [0.2, 0.25) is 0 Å². The largest absolute Gasteiger partial charge is 0.329 e. The van der Waals surface area contributed by atoms with Crippen molar-refractivity contribution in [3.63, 3.8) is 0 Å². The van der Waals surface area contributed by atoms with Gasteiger partial charge >= 0.3 is 0 Å². The van der Waals surface area contributed by atoms with Crippen LogP contribution in [0.25, 0.3) is 0 Å². The molecule has 1 heterocycles. The molecule has 3 nitrogen and oxygen atoms in total. The minimum Gasteiger partial charge on any atom is -0.329 e. The Hall–Kier alpha value is -0.900. The molecule has 1 fully saturated rings. The van der Waals surface area contributed by atoms with E-state index in [-0.39, 0.29) is 5.54 Å². The molecule has 20 heavy (non-hydrogen) atoms. The van der Waals surface area contributed by atoms with Crippen molar-refractivity contribution < 1.29 is 0 Å². The maximum Gasteiger partial charge on any atom is 0.0344 e. The number of nitrogens with two attached hydrogens (primary N) is 1. The summed E-state index contributed by atoms with van der Waals surface area (Å²) in [5, 5.41) is 0. The Bertz CT molecular complexity index is 415. The van der Waals surface area contributed by atoms with E-state index in [1.165, 1.54) is 36.9 Å². The minimum absolute atomic E-state index is 0.162. The van der Waals surface area contributed by atoms with Crippen LogP contribution in [-0.2, 0) is 6.54 Å². The van der Waals surface area contributed by atoms with Crippen LogP contribution in [0.2, 0.25) is 0 Å². The fourth-order valence-corrected chi connectivity index (χ4v) is 3.19. The van der Waals surface area contributed by atoms with Crippen molar-refractivity contribution in [2.75, 3.05) is 33.7 Å². The molecule has 0 aliphatic carbocycles. The van der Waals surface area contributed by atoms with E-state index in [1.54, 1.807) is 0 Å². The third-order valence-corrected chi connectivity index (χ3v) is 4.87. The monoisotopic (exact) mass is 275 g/mol. The number of benzene rings is 1. The normalized spacial score (nSPS) is 24.9. The van der Waals surface area contributed by atoms with E-state index in [1.807, 2.05) is 0 Å². The second kappa shape index (κ2) is 6.70. The molecule has 1 aliphatic heterocycles. The Morgan fingerprint density at radius 3 is 2.55 bits per heavy atom. The van der Waals surface area contributed by atoms with Gasteiger partial charge in [0.25, 0.3) is 0 Å². The van der Waals surface area contributed by atoms with Crippen molar-refractivity contribution in [3.8, 4) is 0 Å². The number of hydrogen-bond acceptors (Lipinski definition) is 3. The Morgan fingerprint density at radius 2 is 1.90 bits per heavy atom. The zero-order chi connectivity index (χ0) is 14.6. The molecule has 0 amide bonds. The first kappa shape index (κ1) is 15.5. The molecule has 1 aliphatic rings. The van der Waals surface area contributed by atoms with Crippen LogP contribution in [0.3, 0.4) is 0 Å². The molecular weight excluding hydrogens is 246 g/mol. The standard InChI is InChI=1S/C17H29N3/c1-15-5-7-16(8-6-15)13-20(3)17(14-18)9-4-11-19(2)12-10-17/h5-8H,4,9-14,18H2,1-3H3. The van der Waals surface area contributed by atoms with Gasteiger partial charge < -0.3 is 10.6 Å². The lowest BCUT2D eigenvalue weighted by Gasteiger charge is -2.41. The van der Waals surface area contributed by atoms with Crippen molar-refractivity contribution in [2.45, 2.75) is 38.3 Å². The van der Waals surface area contributed by atoms with Gasteiger partial charge in [-0.25, -0.2) is 0 Å². The van der Waals surface area contributed by atoms with Crippen molar-refractivity contribution in [1.82, 2.24) is 9.80 Å². The second-order valence-electron chi connectivity index (χ2n) is 6.43. The topological polar surface area (TPSA) is 32.5 Å². The fraction of sp³-hybridized carbons (Fsp3) is 0.647. The van der Waals surface area contributed by atoms with Crippen LogP contribution in [-0.4, -0.2) is 49.1 Å². The molecule has 0 bridgehead atoms. The lowest BCUT2D eigenvalue weighted by atomic mass is 9.88. The molecule has 112 valence electrons. The van der Waals surface area contributed by atoms with E-state index in [0.29, 0.717) is 0 Å². The molecule has 1 atom stereocenters. The summed E-state index contributed by atoms with van der Waals surface area (Å²) in [6.07, 6.45) is 3.62. The number of aryl methyl sites for hydroxylation is 1. The van der Waals surface area contributed by atoms with Gasteiger partial charge in [-0.05, 0) is 58.9 Å². The van der Waals surface area contributed by atoms with Gasteiger partial charge in [0.05, 0.1) is 0 Å². The summed E-state index contributed by atoms with van der Waals surface area (Å²) in [5.41, 5.74) is 9.03. The Labute approximate surface area is 123 Å². The van der Waals surface area contributed by atoms with Gasteiger partial charge in [0.1, 0.15) is 0 Å². The van der Waals surface area contributed by atoms with Crippen LogP contribution < -0.4 is 5.73 Å². The van der Waals surface area contributed by atoms with E-state index >= 15 is 0 Å². The lowest BCUT2D eigenvalue weighted by Crippen LogP contribution is -2.52. The molecule has 2 N–H and O–H groups in total. The zero-order valence-corrected chi connectivity index (χ0v) is 13.2. The molecule has 1 aromatic carbocycles. The molecular formula is C17H29N3. The number of nitrogens with zero attached hydrogens (tertiary/aromatic N) is 2. The number of rotatable bonds is 4. The summed E-state index contributed by atoms with van der Waals surface area (Å²) >= 11 is 0. The SMILES string of the molecule is Cc1ccc(CN(C)C2(CN)CCCN(C)CC2)cc1. The Kier molecular flexibility index (Phi) is 5.19. The van der Waals surface area contributed by atoms with Gasteiger partial charge in [-0.3, -0.25) is 4.90 Å². The summed E-state index contributed by atoms with van der Waals surface area (Å²) in [4.78, 5) is 4.91. The van der Waals surface area contributed by atoms with Crippen LogP contribution in [0.4, 0.5) is 0 Å². The van der Waals surface area contributed by atoms with Crippen LogP contribution in [0, 0.1) is 6.92 Å². The third kappa shape index (κ3) is 3.60. The van der Waals surface area contributed by atoms with Crippen LogP contribution in [0.5, 0.6) is 0 Å². The first-order valence-corrected chi connectivity index (χ1v) is 7.71. The fourth-order valence-electron chi connectivity index (χ4n) is 3.19. The third-order valence-electron chi connectivity index (χ3n) is 4.87. The molecule has 1 aromatic rings.